The van der Waals surface area contributed by atoms with Crippen LogP contribution >= 0.6 is 22.9 Å². The van der Waals surface area contributed by atoms with Gasteiger partial charge in [0.15, 0.2) is 0 Å². The van der Waals surface area contributed by atoms with Gasteiger partial charge in [0, 0.05) is 38.6 Å². The molecule has 5 N–H and O–H groups in total. The zero-order valence-corrected chi connectivity index (χ0v) is 16.7. The molecular weight excluding hydrogens is 384 g/mol. The Bertz CT molecular complexity index is 942. The number of anilines is 2. The number of carbonyl (C=O) groups is 2. The second kappa shape index (κ2) is 6.22. The van der Waals surface area contributed by atoms with Crippen molar-refractivity contribution in [2.75, 3.05) is 10.6 Å². The van der Waals surface area contributed by atoms with Crippen molar-refractivity contribution in [2.45, 2.75) is 44.2 Å². The van der Waals surface area contributed by atoms with Crippen molar-refractivity contribution < 1.29 is 9.59 Å². The van der Waals surface area contributed by atoms with Crippen molar-refractivity contribution in [3.63, 3.8) is 0 Å². The monoisotopic (exact) mass is 404 g/mol. The maximum absolute atomic E-state index is 12.4. The Balaban J connectivity index is 1.64. The van der Waals surface area contributed by atoms with E-state index in [1.165, 1.54) is 11.3 Å². The smallest absolute Gasteiger partial charge is 0.324 e. The van der Waals surface area contributed by atoms with Gasteiger partial charge in [-0.1, -0.05) is 11.6 Å². The second-order valence-corrected chi connectivity index (χ2v) is 9.29. The number of thiophene rings is 1. The first kappa shape index (κ1) is 18.3. The first-order valence-corrected chi connectivity index (χ1v) is 9.97. The molecule has 2 bridgehead atoms. The van der Waals surface area contributed by atoms with E-state index in [1.807, 2.05) is 0 Å². The van der Waals surface area contributed by atoms with Crippen molar-refractivity contribution in [2.24, 2.45) is 5.73 Å². The van der Waals surface area contributed by atoms with Crippen LogP contribution < -0.4 is 21.7 Å². The fraction of sp³-hybridized carbons (Fsp3) is 0.368. The third-order valence-electron chi connectivity index (χ3n) is 5.41. The normalized spacial score (nSPS) is 25.7. The van der Waals surface area contributed by atoms with Crippen LogP contribution in [-0.4, -0.2) is 17.5 Å². The number of halogens is 1. The minimum absolute atomic E-state index is 0.0182. The number of fused-ring (bicyclic) bond motifs is 4. The molecule has 8 heteroatoms. The highest BCUT2D eigenvalue weighted by Crippen LogP contribution is 2.51. The number of urea groups is 1. The molecule has 0 radical (unpaired) electrons. The zero-order valence-electron chi connectivity index (χ0n) is 15.1. The van der Waals surface area contributed by atoms with Gasteiger partial charge in [0.05, 0.1) is 5.56 Å². The lowest BCUT2D eigenvalue weighted by Crippen LogP contribution is -2.51. The number of hydrogen-bond donors (Lipinski definition) is 4. The lowest BCUT2D eigenvalue weighted by molar-refractivity contribution is 0.0998. The Hall–Kier alpha value is -2.09. The van der Waals surface area contributed by atoms with Gasteiger partial charge < -0.3 is 16.4 Å². The molecule has 3 heterocycles. The minimum atomic E-state index is -0.521. The highest BCUT2D eigenvalue weighted by molar-refractivity contribution is 7.17. The van der Waals surface area contributed by atoms with Crippen LogP contribution in [0.2, 0.25) is 5.02 Å². The molecule has 1 aromatic heterocycles. The van der Waals surface area contributed by atoms with Gasteiger partial charge in [0.25, 0.3) is 5.91 Å². The second-order valence-electron chi connectivity index (χ2n) is 7.75. The fourth-order valence-corrected chi connectivity index (χ4v) is 5.94. The first-order chi connectivity index (χ1) is 12.7. The summed E-state index contributed by atoms with van der Waals surface area (Å²) in [6, 6.07) is 6.38. The molecule has 2 aliphatic rings. The number of nitrogens with two attached hydrogens (primary N) is 1. The summed E-state index contributed by atoms with van der Waals surface area (Å²) in [5.74, 6) is -0.521. The Morgan fingerprint density at radius 1 is 1.19 bits per heavy atom. The standard InChI is InChI=1S/C19H21ClN4O2S/c1-18-7-8-19(2,24-18)14-12(9-18)27-16(13(14)15(21)25)23-17(26)22-11-5-3-10(20)4-6-11/h3-6,24H,7-9H2,1-2H3,(H2,21,25)(H2,22,23,26)/t18-,19?/m1/s1. The fourth-order valence-electron chi connectivity index (χ4n) is 4.30. The summed E-state index contributed by atoms with van der Waals surface area (Å²) in [6.45, 7) is 4.30. The summed E-state index contributed by atoms with van der Waals surface area (Å²) in [5, 5.41) is 10.3. The third-order valence-corrected chi connectivity index (χ3v) is 6.77. The van der Waals surface area contributed by atoms with Crippen molar-refractivity contribution >= 4 is 45.6 Å². The number of rotatable bonds is 3. The molecule has 1 fully saturated rings. The average molecular weight is 405 g/mol. The predicted octanol–water partition coefficient (Wildman–Crippen LogP) is 4.06. The maximum Gasteiger partial charge on any atom is 0.324 e. The number of benzene rings is 1. The van der Waals surface area contributed by atoms with Gasteiger partial charge in [-0.25, -0.2) is 4.79 Å². The first-order valence-electron chi connectivity index (χ1n) is 8.78. The number of nitrogens with one attached hydrogen (secondary N) is 3. The summed E-state index contributed by atoms with van der Waals surface area (Å²) in [4.78, 5) is 25.8. The molecule has 0 saturated carbocycles. The van der Waals surface area contributed by atoms with Crippen LogP contribution in [0.25, 0.3) is 0 Å². The predicted molar refractivity (Wildman–Crippen MR) is 109 cm³/mol. The van der Waals surface area contributed by atoms with E-state index in [1.54, 1.807) is 24.3 Å². The van der Waals surface area contributed by atoms with Gasteiger partial charge in [0.2, 0.25) is 0 Å². The molecule has 142 valence electrons. The number of amides is 3. The van der Waals surface area contributed by atoms with Crippen molar-refractivity contribution in [1.82, 2.24) is 5.32 Å². The maximum atomic E-state index is 12.4. The average Bonchev–Trinajstić information content (AvgIpc) is 3.05. The lowest BCUT2D eigenvalue weighted by atomic mass is 9.84. The number of primary amides is 1. The topological polar surface area (TPSA) is 96.2 Å². The Kier molecular flexibility index (Phi) is 4.21. The molecule has 0 spiro atoms. The van der Waals surface area contributed by atoms with Crippen LogP contribution in [0.3, 0.4) is 0 Å². The lowest BCUT2D eigenvalue weighted by Gasteiger charge is -2.37. The number of carbonyl (C=O) groups excluding carboxylic acids is 2. The molecule has 1 unspecified atom stereocenters. The van der Waals surface area contributed by atoms with E-state index in [9.17, 15) is 9.59 Å². The molecule has 1 aromatic carbocycles. The quantitative estimate of drug-likeness (QED) is 0.621. The van der Waals surface area contributed by atoms with Crippen LogP contribution in [0.15, 0.2) is 24.3 Å². The van der Waals surface area contributed by atoms with Crippen molar-refractivity contribution in [3.05, 3.63) is 45.3 Å². The highest BCUT2D eigenvalue weighted by Gasteiger charge is 2.51. The van der Waals surface area contributed by atoms with E-state index in [2.05, 4.69) is 29.8 Å². The summed E-state index contributed by atoms with van der Waals surface area (Å²) in [6.07, 6.45) is 2.80. The van der Waals surface area contributed by atoms with Crippen LogP contribution in [0.1, 0.15) is 47.5 Å². The van der Waals surface area contributed by atoms with E-state index in [4.69, 9.17) is 17.3 Å². The van der Waals surface area contributed by atoms with E-state index < -0.39 is 11.9 Å². The van der Waals surface area contributed by atoms with Crippen LogP contribution in [0.5, 0.6) is 0 Å². The van der Waals surface area contributed by atoms with E-state index in [-0.39, 0.29) is 11.1 Å². The van der Waals surface area contributed by atoms with E-state index >= 15 is 0 Å². The minimum Gasteiger partial charge on any atom is -0.365 e. The molecule has 1 saturated heterocycles. The van der Waals surface area contributed by atoms with Crippen molar-refractivity contribution in [3.8, 4) is 0 Å². The number of hydrogen-bond acceptors (Lipinski definition) is 4. The highest BCUT2D eigenvalue weighted by atomic mass is 35.5. The molecule has 6 nitrogen and oxygen atoms in total. The summed E-state index contributed by atoms with van der Waals surface area (Å²) >= 11 is 7.31. The van der Waals surface area contributed by atoms with Gasteiger partial charge in [0.1, 0.15) is 5.00 Å². The molecule has 0 aliphatic carbocycles. The SMILES string of the molecule is CC12CC[C@](C)(Cc3sc(NC(=O)Nc4ccc(Cl)cc4)c(C(N)=O)c31)N2. The van der Waals surface area contributed by atoms with Gasteiger partial charge in [-0.2, -0.15) is 0 Å². The van der Waals surface area contributed by atoms with Crippen LogP contribution in [-0.2, 0) is 12.0 Å². The van der Waals surface area contributed by atoms with Gasteiger partial charge in [-0.15, -0.1) is 11.3 Å². The van der Waals surface area contributed by atoms with E-state index in [0.717, 1.165) is 29.7 Å². The Labute approximate surface area is 166 Å². The third kappa shape index (κ3) is 3.20. The van der Waals surface area contributed by atoms with E-state index in [0.29, 0.717) is 21.3 Å². The van der Waals surface area contributed by atoms with Gasteiger partial charge >= 0.3 is 6.03 Å². The summed E-state index contributed by atoms with van der Waals surface area (Å²) in [7, 11) is 0. The Morgan fingerprint density at radius 2 is 1.89 bits per heavy atom. The zero-order chi connectivity index (χ0) is 19.4. The van der Waals surface area contributed by atoms with Gasteiger partial charge in [-0.05, 0) is 51.0 Å². The summed E-state index contributed by atoms with van der Waals surface area (Å²) in [5.41, 5.74) is 7.39. The summed E-state index contributed by atoms with van der Waals surface area (Å²) < 4.78 is 0. The molecule has 2 atom stereocenters. The molecule has 27 heavy (non-hydrogen) atoms. The van der Waals surface area contributed by atoms with Gasteiger partial charge in [-0.3, -0.25) is 10.1 Å². The molecular formula is C19H21ClN4O2S. The largest absolute Gasteiger partial charge is 0.365 e. The van der Waals surface area contributed by atoms with Crippen molar-refractivity contribution in [1.29, 1.82) is 0 Å². The molecule has 2 aromatic rings. The van der Waals surface area contributed by atoms with Crippen LogP contribution in [0, 0.1) is 0 Å². The molecule has 3 amide bonds. The molecule has 4 rings (SSSR count). The Morgan fingerprint density at radius 3 is 2.56 bits per heavy atom. The molecule has 2 aliphatic heterocycles. The van der Waals surface area contributed by atoms with Crippen LogP contribution in [0.4, 0.5) is 15.5 Å².